The molecule has 26 heavy (non-hydrogen) atoms. The lowest BCUT2D eigenvalue weighted by Crippen LogP contribution is -2.46. The molecule has 1 N–H and O–H groups in total. The summed E-state index contributed by atoms with van der Waals surface area (Å²) in [5.74, 6) is 0.653. The summed E-state index contributed by atoms with van der Waals surface area (Å²) < 4.78 is 0. The van der Waals surface area contributed by atoms with Crippen molar-refractivity contribution in [2.75, 3.05) is 63.8 Å². The van der Waals surface area contributed by atoms with Crippen LogP contribution in [-0.2, 0) is 0 Å². The number of likely N-dealkylation sites (N-methyl/N-ethyl adjacent to an activating group) is 1. The number of carbonyl (C=O) groups is 1. The highest BCUT2D eigenvalue weighted by Gasteiger charge is 2.19. The maximum atomic E-state index is 12.4. The Balaban J connectivity index is 1.85. The van der Waals surface area contributed by atoms with Gasteiger partial charge in [0, 0.05) is 38.9 Å². The Morgan fingerprint density at radius 3 is 2.46 bits per heavy atom. The van der Waals surface area contributed by atoms with Gasteiger partial charge in [0.1, 0.15) is 0 Å². The summed E-state index contributed by atoms with van der Waals surface area (Å²) in [6, 6.07) is 0. The van der Waals surface area contributed by atoms with E-state index in [-0.39, 0.29) is 5.91 Å². The SMILES string of the molecule is CCN(CC)CCCNC(=O)c1cnc(N2CCN(CC)CC2)nc1C. The molecule has 2 rings (SSSR count). The minimum Gasteiger partial charge on any atom is -0.352 e. The number of carbonyl (C=O) groups excluding carboxylic acids is 1. The Hall–Kier alpha value is -1.73. The van der Waals surface area contributed by atoms with Gasteiger partial charge in [0.2, 0.25) is 5.95 Å². The van der Waals surface area contributed by atoms with Crippen LogP contribution in [-0.4, -0.2) is 84.6 Å². The third-order valence-corrected chi connectivity index (χ3v) is 5.14. The van der Waals surface area contributed by atoms with E-state index in [1.807, 2.05) is 6.92 Å². The van der Waals surface area contributed by atoms with E-state index in [1.54, 1.807) is 6.20 Å². The van der Waals surface area contributed by atoms with Gasteiger partial charge in [0.05, 0.1) is 11.3 Å². The lowest BCUT2D eigenvalue weighted by Gasteiger charge is -2.34. The third-order valence-electron chi connectivity index (χ3n) is 5.14. The molecule has 0 aliphatic carbocycles. The number of hydrogen-bond acceptors (Lipinski definition) is 6. The van der Waals surface area contributed by atoms with Crippen molar-refractivity contribution < 1.29 is 4.79 Å². The molecular formula is C19H34N6O. The highest BCUT2D eigenvalue weighted by Crippen LogP contribution is 2.13. The van der Waals surface area contributed by atoms with Crippen LogP contribution in [0.3, 0.4) is 0 Å². The minimum absolute atomic E-state index is 0.0793. The fourth-order valence-corrected chi connectivity index (χ4v) is 3.23. The van der Waals surface area contributed by atoms with Gasteiger partial charge in [-0.2, -0.15) is 0 Å². The smallest absolute Gasteiger partial charge is 0.254 e. The summed E-state index contributed by atoms with van der Waals surface area (Å²) in [7, 11) is 0. The van der Waals surface area contributed by atoms with Crippen molar-refractivity contribution in [3.63, 3.8) is 0 Å². The molecule has 0 aromatic carbocycles. The molecule has 1 aromatic rings. The molecule has 1 aromatic heterocycles. The van der Waals surface area contributed by atoms with Crippen LogP contribution < -0.4 is 10.2 Å². The Kier molecular flexibility index (Phi) is 8.25. The Bertz CT molecular complexity index is 567. The number of rotatable bonds is 9. The molecule has 7 heteroatoms. The molecule has 0 unspecified atom stereocenters. The maximum absolute atomic E-state index is 12.4. The molecule has 7 nitrogen and oxygen atoms in total. The molecule has 2 heterocycles. The van der Waals surface area contributed by atoms with Crippen LogP contribution in [0.25, 0.3) is 0 Å². The van der Waals surface area contributed by atoms with E-state index in [1.165, 1.54) is 0 Å². The van der Waals surface area contributed by atoms with Crippen molar-refractivity contribution in [2.24, 2.45) is 0 Å². The zero-order valence-corrected chi connectivity index (χ0v) is 16.8. The molecule has 1 aliphatic rings. The molecule has 1 amide bonds. The second-order valence-electron chi connectivity index (χ2n) is 6.73. The van der Waals surface area contributed by atoms with Crippen molar-refractivity contribution in [2.45, 2.75) is 34.1 Å². The average Bonchev–Trinajstić information content (AvgIpc) is 2.68. The number of piperazine rings is 1. The fraction of sp³-hybridized carbons (Fsp3) is 0.737. The Morgan fingerprint density at radius 2 is 1.88 bits per heavy atom. The number of aromatic nitrogens is 2. The molecule has 146 valence electrons. The lowest BCUT2D eigenvalue weighted by atomic mass is 10.2. The molecule has 0 saturated carbocycles. The molecule has 1 fully saturated rings. The summed E-state index contributed by atoms with van der Waals surface area (Å²) >= 11 is 0. The molecule has 0 spiro atoms. The van der Waals surface area contributed by atoms with E-state index < -0.39 is 0 Å². The first-order chi connectivity index (χ1) is 12.6. The number of aryl methyl sites for hydroxylation is 1. The van der Waals surface area contributed by atoms with E-state index in [4.69, 9.17) is 0 Å². The van der Waals surface area contributed by atoms with Gasteiger partial charge in [-0.05, 0) is 39.5 Å². The van der Waals surface area contributed by atoms with Gasteiger partial charge in [-0.25, -0.2) is 9.97 Å². The summed E-state index contributed by atoms with van der Waals surface area (Å²) in [6.07, 6.45) is 2.62. The van der Waals surface area contributed by atoms with Gasteiger partial charge < -0.3 is 20.0 Å². The second-order valence-corrected chi connectivity index (χ2v) is 6.73. The van der Waals surface area contributed by atoms with Gasteiger partial charge in [-0.15, -0.1) is 0 Å². The topological polar surface area (TPSA) is 64.6 Å². The first kappa shape index (κ1) is 20.6. The molecule has 0 atom stereocenters. The second kappa shape index (κ2) is 10.4. The van der Waals surface area contributed by atoms with Crippen molar-refractivity contribution in [1.29, 1.82) is 0 Å². The molecule has 0 radical (unpaired) electrons. The minimum atomic E-state index is -0.0793. The first-order valence-corrected chi connectivity index (χ1v) is 9.90. The normalized spacial score (nSPS) is 15.5. The number of anilines is 1. The zero-order valence-electron chi connectivity index (χ0n) is 16.8. The van der Waals surface area contributed by atoms with Gasteiger partial charge in [-0.1, -0.05) is 20.8 Å². The third kappa shape index (κ3) is 5.64. The van der Waals surface area contributed by atoms with Crippen LogP contribution in [0.4, 0.5) is 5.95 Å². The number of nitrogens with one attached hydrogen (secondary N) is 1. The van der Waals surface area contributed by atoms with Crippen molar-refractivity contribution >= 4 is 11.9 Å². The molecule has 1 saturated heterocycles. The average molecular weight is 363 g/mol. The monoisotopic (exact) mass is 362 g/mol. The molecular weight excluding hydrogens is 328 g/mol. The standard InChI is InChI=1S/C19H34N6O/c1-5-23(6-2)10-8-9-20-18(26)17-15-21-19(22-16(17)4)25-13-11-24(7-3)12-14-25/h15H,5-14H2,1-4H3,(H,20,26). The van der Waals surface area contributed by atoms with Crippen LogP contribution in [0, 0.1) is 6.92 Å². The highest BCUT2D eigenvalue weighted by molar-refractivity contribution is 5.94. The predicted molar refractivity (Wildman–Crippen MR) is 106 cm³/mol. The van der Waals surface area contributed by atoms with Gasteiger partial charge in [0.25, 0.3) is 5.91 Å². The molecule has 0 bridgehead atoms. The lowest BCUT2D eigenvalue weighted by molar-refractivity contribution is 0.0950. The van der Waals surface area contributed by atoms with Crippen molar-refractivity contribution in [3.8, 4) is 0 Å². The molecule has 1 aliphatic heterocycles. The van der Waals surface area contributed by atoms with Gasteiger partial charge in [0.15, 0.2) is 0 Å². The zero-order chi connectivity index (χ0) is 18.9. The predicted octanol–water partition coefficient (Wildman–Crippen LogP) is 1.39. The van der Waals surface area contributed by atoms with E-state index in [9.17, 15) is 4.79 Å². The van der Waals surface area contributed by atoms with Crippen LogP contribution in [0.2, 0.25) is 0 Å². The number of hydrogen-bond donors (Lipinski definition) is 1. The van der Waals surface area contributed by atoms with Crippen LogP contribution in [0.1, 0.15) is 43.2 Å². The summed E-state index contributed by atoms with van der Waals surface area (Å²) in [5.41, 5.74) is 1.32. The largest absolute Gasteiger partial charge is 0.352 e. The quantitative estimate of drug-likeness (QED) is 0.670. The van der Waals surface area contributed by atoms with Crippen molar-refractivity contribution in [3.05, 3.63) is 17.5 Å². The first-order valence-electron chi connectivity index (χ1n) is 9.90. The van der Waals surface area contributed by atoms with Crippen LogP contribution >= 0.6 is 0 Å². The summed E-state index contributed by atoms with van der Waals surface area (Å²) in [5, 5.41) is 2.99. The van der Waals surface area contributed by atoms with Crippen LogP contribution in [0.5, 0.6) is 0 Å². The number of amides is 1. The Morgan fingerprint density at radius 1 is 1.19 bits per heavy atom. The van der Waals surface area contributed by atoms with Gasteiger partial charge >= 0.3 is 0 Å². The fourth-order valence-electron chi connectivity index (χ4n) is 3.23. The van der Waals surface area contributed by atoms with Gasteiger partial charge in [-0.3, -0.25) is 4.79 Å². The summed E-state index contributed by atoms with van der Waals surface area (Å²) in [4.78, 5) is 28.4. The summed E-state index contributed by atoms with van der Waals surface area (Å²) in [6.45, 7) is 17.2. The van der Waals surface area contributed by atoms with Crippen LogP contribution in [0.15, 0.2) is 6.20 Å². The van der Waals surface area contributed by atoms with E-state index in [0.717, 1.165) is 70.4 Å². The van der Waals surface area contributed by atoms with E-state index in [2.05, 4.69) is 50.8 Å². The van der Waals surface area contributed by atoms with E-state index >= 15 is 0 Å². The van der Waals surface area contributed by atoms with E-state index in [0.29, 0.717) is 12.1 Å². The maximum Gasteiger partial charge on any atom is 0.254 e. The Labute approximate surface area is 157 Å². The number of nitrogens with zero attached hydrogens (tertiary/aromatic N) is 5. The van der Waals surface area contributed by atoms with Crippen molar-refractivity contribution in [1.82, 2.24) is 25.1 Å². The highest BCUT2D eigenvalue weighted by atomic mass is 16.1.